The zero-order chi connectivity index (χ0) is 16.7. The Morgan fingerprint density at radius 1 is 1.50 bits per heavy atom. The molecular weight excluding hydrogens is 298 g/mol. The molecule has 22 heavy (non-hydrogen) atoms. The molecule has 3 atom stereocenters. The molecule has 1 rings (SSSR count). The number of rotatable bonds is 6. The summed E-state index contributed by atoms with van der Waals surface area (Å²) in [5.74, 6) is -1.07. The van der Waals surface area contributed by atoms with Crippen molar-refractivity contribution >= 4 is 18.0 Å². The molecule has 1 aliphatic rings. The van der Waals surface area contributed by atoms with E-state index < -0.39 is 30.4 Å². The first-order valence-corrected chi connectivity index (χ1v) is 6.61. The fourth-order valence-electron chi connectivity index (χ4n) is 2.06. The first-order chi connectivity index (χ1) is 10.3. The smallest absolute Gasteiger partial charge is 0.478 e. The van der Waals surface area contributed by atoms with Crippen molar-refractivity contribution in [3.8, 4) is 0 Å². The van der Waals surface area contributed by atoms with Crippen LogP contribution < -0.4 is 5.32 Å². The fraction of sp³-hybridized carbons (Fsp3) is 0.615. The van der Waals surface area contributed by atoms with Gasteiger partial charge in [-0.15, -0.1) is 0 Å². The van der Waals surface area contributed by atoms with Crippen LogP contribution in [0.25, 0.3) is 0 Å². The van der Waals surface area contributed by atoms with Crippen molar-refractivity contribution in [2.45, 2.75) is 38.0 Å². The van der Waals surface area contributed by atoms with Gasteiger partial charge in [0.1, 0.15) is 6.10 Å². The van der Waals surface area contributed by atoms with Crippen LogP contribution in [0.4, 0.5) is 4.79 Å². The van der Waals surface area contributed by atoms with Crippen LogP contribution in [0.15, 0.2) is 11.8 Å². The van der Waals surface area contributed by atoms with Gasteiger partial charge in [0.2, 0.25) is 11.7 Å². The molecule has 0 aromatic heterocycles. The lowest BCUT2D eigenvalue weighted by Crippen LogP contribution is -2.51. The van der Waals surface area contributed by atoms with E-state index in [0.717, 1.165) is 0 Å². The summed E-state index contributed by atoms with van der Waals surface area (Å²) in [6, 6.07) is -0.550. The summed E-state index contributed by atoms with van der Waals surface area (Å²) < 4.78 is 14.3. The maximum Gasteiger partial charge on any atom is 0.505 e. The molecule has 9 nitrogen and oxygen atoms in total. The van der Waals surface area contributed by atoms with Crippen molar-refractivity contribution in [1.82, 2.24) is 5.32 Å². The molecule has 0 aliphatic carbocycles. The van der Waals surface area contributed by atoms with Crippen LogP contribution in [0.5, 0.6) is 0 Å². The minimum atomic E-state index is -1.45. The Hall–Kier alpha value is -2.29. The molecule has 0 saturated heterocycles. The molecule has 1 aliphatic heterocycles. The van der Waals surface area contributed by atoms with Gasteiger partial charge in [-0.2, -0.15) is 0 Å². The number of ether oxygens (including phenoxy) is 3. The van der Waals surface area contributed by atoms with E-state index >= 15 is 0 Å². The number of carbonyl (C=O) groups excluding carboxylic acids is 2. The van der Waals surface area contributed by atoms with Gasteiger partial charge in [0, 0.05) is 13.3 Å². The van der Waals surface area contributed by atoms with Crippen LogP contribution in [0.1, 0.15) is 19.8 Å². The van der Waals surface area contributed by atoms with Crippen LogP contribution in [-0.2, 0) is 23.8 Å². The van der Waals surface area contributed by atoms with Gasteiger partial charge in [0.25, 0.3) is 0 Å². The second kappa shape index (κ2) is 8.23. The summed E-state index contributed by atoms with van der Waals surface area (Å²) in [5.41, 5.74) is 0. The molecule has 0 spiro atoms. The number of nitrogens with one attached hydrogen (secondary N) is 1. The third-order valence-electron chi connectivity index (χ3n) is 3.01. The lowest BCUT2D eigenvalue weighted by atomic mass is 9.97. The Balaban J connectivity index is 2.74. The quantitative estimate of drug-likeness (QED) is 0.573. The Labute approximate surface area is 126 Å². The summed E-state index contributed by atoms with van der Waals surface area (Å²) in [4.78, 5) is 33.0. The molecule has 0 aromatic rings. The molecule has 124 valence electrons. The van der Waals surface area contributed by atoms with Gasteiger partial charge in [-0.25, -0.2) is 9.59 Å². The largest absolute Gasteiger partial charge is 0.505 e. The molecule has 3 unspecified atom stereocenters. The van der Waals surface area contributed by atoms with E-state index in [1.165, 1.54) is 20.1 Å². The van der Waals surface area contributed by atoms with Crippen molar-refractivity contribution in [3.05, 3.63) is 11.8 Å². The third kappa shape index (κ3) is 5.24. The molecule has 0 fully saturated rings. The Kier molecular flexibility index (Phi) is 6.64. The van der Waals surface area contributed by atoms with Crippen LogP contribution in [-0.4, -0.2) is 60.2 Å². The summed E-state index contributed by atoms with van der Waals surface area (Å²) in [5, 5.41) is 21.1. The second-order valence-corrected chi connectivity index (χ2v) is 4.66. The highest BCUT2D eigenvalue weighted by Crippen LogP contribution is 2.22. The number of aliphatic hydroxyl groups is 1. The average Bonchev–Trinajstić information content (AvgIpc) is 2.45. The van der Waals surface area contributed by atoms with E-state index in [1.54, 1.807) is 0 Å². The van der Waals surface area contributed by atoms with E-state index in [9.17, 15) is 19.5 Å². The first kappa shape index (κ1) is 17.8. The van der Waals surface area contributed by atoms with Gasteiger partial charge in [0.05, 0.1) is 25.9 Å². The molecule has 9 heteroatoms. The number of esters is 1. The van der Waals surface area contributed by atoms with Crippen molar-refractivity contribution in [1.29, 1.82) is 0 Å². The van der Waals surface area contributed by atoms with Crippen LogP contribution in [0.2, 0.25) is 0 Å². The summed E-state index contributed by atoms with van der Waals surface area (Å²) in [6.45, 7) is 1.08. The predicted octanol–water partition coefficient (Wildman–Crippen LogP) is -0.218. The zero-order valence-electron chi connectivity index (χ0n) is 12.3. The van der Waals surface area contributed by atoms with Gasteiger partial charge < -0.3 is 29.7 Å². The fourth-order valence-corrected chi connectivity index (χ4v) is 2.06. The number of hydrogen-bond donors (Lipinski definition) is 3. The lowest BCUT2D eigenvalue weighted by Gasteiger charge is -2.34. The summed E-state index contributed by atoms with van der Waals surface area (Å²) >= 11 is 0. The Bertz CT molecular complexity index is 461. The Morgan fingerprint density at radius 2 is 2.18 bits per heavy atom. The van der Waals surface area contributed by atoms with Gasteiger partial charge in [-0.3, -0.25) is 4.79 Å². The minimum Gasteiger partial charge on any atom is -0.478 e. The highest BCUT2D eigenvalue weighted by molar-refractivity contribution is 5.86. The van der Waals surface area contributed by atoms with Gasteiger partial charge in [-0.1, -0.05) is 0 Å². The van der Waals surface area contributed by atoms with E-state index in [0.29, 0.717) is 0 Å². The minimum absolute atomic E-state index is 0.0402. The first-order valence-electron chi connectivity index (χ1n) is 6.61. The molecule has 0 aromatic carbocycles. The molecular formula is C13H19NO8. The third-order valence-corrected chi connectivity index (χ3v) is 3.01. The highest BCUT2D eigenvalue weighted by Gasteiger charge is 2.35. The standard InChI is InChI=1S/C13H19NO8/c1-7(15)14-8-3-4-10(12(17)20-2)22-11(8)9(16)5-6-21-13(18)19/h4,8-9,11,16H,3,5-6H2,1-2H3,(H,14,15)(H,18,19). The molecule has 0 bridgehead atoms. The second-order valence-electron chi connectivity index (χ2n) is 4.66. The number of hydrogen-bond acceptors (Lipinski definition) is 7. The van der Waals surface area contributed by atoms with Gasteiger partial charge in [-0.05, 0) is 12.5 Å². The number of amides is 1. The molecule has 1 amide bonds. The van der Waals surface area contributed by atoms with E-state index in [1.807, 2.05) is 0 Å². The van der Waals surface area contributed by atoms with E-state index in [2.05, 4.69) is 14.8 Å². The monoisotopic (exact) mass is 317 g/mol. The molecule has 0 saturated carbocycles. The summed E-state index contributed by atoms with van der Waals surface area (Å²) in [7, 11) is 1.19. The van der Waals surface area contributed by atoms with Crippen molar-refractivity contribution in [2.24, 2.45) is 0 Å². The zero-order valence-corrected chi connectivity index (χ0v) is 12.3. The van der Waals surface area contributed by atoms with Crippen LogP contribution in [0, 0.1) is 0 Å². The number of methoxy groups -OCH3 is 1. The lowest BCUT2D eigenvalue weighted by molar-refractivity contribution is -0.144. The van der Waals surface area contributed by atoms with Gasteiger partial charge in [0.15, 0.2) is 0 Å². The topological polar surface area (TPSA) is 131 Å². The number of carbonyl (C=O) groups is 3. The van der Waals surface area contributed by atoms with Crippen molar-refractivity contribution < 1.29 is 38.8 Å². The van der Waals surface area contributed by atoms with E-state index in [-0.39, 0.29) is 31.1 Å². The van der Waals surface area contributed by atoms with Crippen LogP contribution >= 0.6 is 0 Å². The Morgan fingerprint density at radius 3 is 2.73 bits per heavy atom. The van der Waals surface area contributed by atoms with Crippen molar-refractivity contribution in [2.75, 3.05) is 13.7 Å². The predicted molar refractivity (Wildman–Crippen MR) is 71.8 cm³/mol. The van der Waals surface area contributed by atoms with Crippen LogP contribution in [0.3, 0.4) is 0 Å². The maximum atomic E-state index is 11.5. The molecule has 3 N–H and O–H groups in total. The molecule has 1 heterocycles. The number of carboxylic acid groups (broad SMARTS) is 1. The molecule has 0 radical (unpaired) electrons. The normalized spacial score (nSPS) is 21.9. The van der Waals surface area contributed by atoms with Gasteiger partial charge >= 0.3 is 12.1 Å². The average molecular weight is 317 g/mol. The highest BCUT2D eigenvalue weighted by atomic mass is 16.7. The maximum absolute atomic E-state index is 11.5. The summed E-state index contributed by atoms with van der Waals surface area (Å²) in [6.07, 6.45) is -1.81. The van der Waals surface area contributed by atoms with E-state index in [4.69, 9.17) is 9.84 Å². The SMILES string of the molecule is COC(=O)C1=CCC(NC(C)=O)C(C(O)CCOC(=O)O)O1. The number of aliphatic hydroxyl groups excluding tert-OH is 1. The van der Waals surface area contributed by atoms with Crippen molar-refractivity contribution in [3.63, 3.8) is 0 Å².